The molecule has 1 aromatic carbocycles. The van der Waals surface area contributed by atoms with E-state index in [1.165, 1.54) is 11.3 Å². The molecular weight excluding hydrogens is 272 g/mol. The third-order valence-corrected chi connectivity index (χ3v) is 3.89. The Morgan fingerprint density at radius 2 is 2.17 bits per heavy atom. The Labute approximate surface area is 111 Å². The van der Waals surface area contributed by atoms with E-state index in [2.05, 4.69) is 4.98 Å². The molecule has 0 atom stereocenters. The summed E-state index contributed by atoms with van der Waals surface area (Å²) in [6, 6.07) is 9.06. The predicted octanol–water partition coefficient (Wildman–Crippen LogP) is 3.04. The summed E-state index contributed by atoms with van der Waals surface area (Å²) in [5, 5.41) is 0.793. The fourth-order valence-corrected chi connectivity index (χ4v) is 2.91. The van der Waals surface area contributed by atoms with Crippen molar-refractivity contribution in [3.63, 3.8) is 0 Å². The van der Waals surface area contributed by atoms with Crippen molar-refractivity contribution in [3.8, 4) is 10.8 Å². The lowest BCUT2D eigenvalue weighted by Crippen LogP contribution is -2.13. The molecule has 1 N–H and O–H groups in total. The molecule has 3 rings (SSSR count). The van der Waals surface area contributed by atoms with Crippen molar-refractivity contribution in [2.24, 2.45) is 0 Å². The van der Waals surface area contributed by atoms with Crippen LogP contribution in [0, 0.1) is 0 Å². The molecule has 0 radical (unpaired) electrons. The van der Waals surface area contributed by atoms with Crippen LogP contribution >= 0.6 is 22.9 Å². The van der Waals surface area contributed by atoms with E-state index in [1.807, 2.05) is 18.2 Å². The number of fused-ring (bicyclic) bond motifs is 1. The molecule has 0 unspecified atom stereocenters. The van der Waals surface area contributed by atoms with Gasteiger partial charge in [0.1, 0.15) is 10.8 Å². The summed E-state index contributed by atoms with van der Waals surface area (Å²) in [6.45, 7) is 0. The number of benzene rings is 1. The van der Waals surface area contributed by atoms with Gasteiger partial charge in [-0.1, -0.05) is 11.6 Å². The van der Waals surface area contributed by atoms with Crippen molar-refractivity contribution in [2.45, 2.75) is 0 Å². The van der Waals surface area contributed by atoms with Gasteiger partial charge in [-0.15, -0.1) is 11.3 Å². The van der Waals surface area contributed by atoms with E-state index in [0.717, 1.165) is 16.0 Å². The second-order valence-electron chi connectivity index (χ2n) is 3.73. The Kier molecular flexibility index (Phi) is 2.65. The van der Waals surface area contributed by atoms with Crippen LogP contribution in [0.2, 0.25) is 4.34 Å². The van der Waals surface area contributed by atoms with Crippen LogP contribution in [0.4, 0.5) is 0 Å². The van der Waals surface area contributed by atoms with Gasteiger partial charge in [0.05, 0.1) is 22.5 Å². The van der Waals surface area contributed by atoms with Gasteiger partial charge in [0.2, 0.25) is 0 Å². The number of hydrogen-bond donors (Lipinski definition) is 1. The molecule has 0 aliphatic carbocycles. The lowest BCUT2D eigenvalue weighted by Gasteiger charge is -2.01. The van der Waals surface area contributed by atoms with Crippen LogP contribution < -0.4 is 10.4 Å². The number of halogens is 1. The Balaban J connectivity index is 2.29. The zero-order valence-electron chi connectivity index (χ0n) is 9.44. The predicted molar refractivity (Wildman–Crippen MR) is 73.3 cm³/mol. The third-order valence-electron chi connectivity index (χ3n) is 2.67. The molecule has 0 saturated carbocycles. The summed E-state index contributed by atoms with van der Waals surface area (Å²) in [4.78, 5) is 14.8. The first kappa shape index (κ1) is 11.4. The maximum atomic E-state index is 12.0. The first-order chi connectivity index (χ1) is 8.69. The molecule has 3 aromatic rings. The van der Waals surface area contributed by atoms with Gasteiger partial charge in [0.25, 0.3) is 0 Å². The molecular formula is C12H9ClN2O2S. The number of nitrogens with zero attached hydrogens (tertiary/aromatic N) is 1. The van der Waals surface area contributed by atoms with E-state index in [9.17, 15) is 4.79 Å². The SMILES string of the molecule is COc1ccc2c(c1)[nH]c(=O)n2-c1ccc(Cl)s1. The largest absolute Gasteiger partial charge is 0.497 e. The Morgan fingerprint density at radius 1 is 1.33 bits per heavy atom. The van der Waals surface area contributed by atoms with Gasteiger partial charge >= 0.3 is 5.69 Å². The molecule has 92 valence electrons. The van der Waals surface area contributed by atoms with Crippen LogP contribution in [0.5, 0.6) is 5.75 Å². The molecule has 0 saturated heterocycles. The molecule has 0 spiro atoms. The second kappa shape index (κ2) is 4.19. The van der Waals surface area contributed by atoms with Crippen LogP contribution in [0.25, 0.3) is 16.0 Å². The van der Waals surface area contributed by atoms with Crippen molar-refractivity contribution in [1.82, 2.24) is 9.55 Å². The molecule has 4 nitrogen and oxygen atoms in total. The van der Waals surface area contributed by atoms with E-state index >= 15 is 0 Å². The Morgan fingerprint density at radius 3 is 2.83 bits per heavy atom. The third kappa shape index (κ3) is 1.72. The number of rotatable bonds is 2. The molecule has 18 heavy (non-hydrogen) atoms. The van der Waals surface area contributed by atoms with Crippen LogP contribution in [-0.2, 0) is 0 Å². The minimum atomic E-state index is -0.184. The average molecular weight is 281 g/mol. The van der Waals surface area contributed by atoms with Crippen molar-refractivity contribution in [2.75, 3.05) is 7.11 Å². The number of nitrogens with one attached hydrogen (secondary N) is 1. The minimum absolute atomic E-state index is 0.184. The topological polar surface area (TPSA) is 47.0 Å². The maximum Gasteiger partial charge on any atom is 0.331 e. The number of H-pyrrole nitrogens is 1. The molecule has 2 aromatic heterocycles. The number of thiophene rings is 1. The maximum absolute atomic E-state index is 12.0. The average Bonchev–Trinajstić information content (AvgIpc) is 2.90. The molecule has 0 fully saturated rings. The second-order valence-corrected chi connectivity index (χ2v) is 5.42. The number of aromatic nitrogens is 2. The van der Waals surface area contributed by atoms with Gasteiger partial charge in [-0.3, -0.25) is 4.57 Å². The molecule has 0 aliphatic heterocycles. The van der Waals surface area contributed by atoms with Crippen LogP contribution in [0.3, 0.4) is 0 Å². The van der Waals surface area contributed by atoms with E-state index in [-0.39, 0.29) is 5.69 Å². The Hall–Kier alpha value is -1.72. The monoisotopic (exact) mass is 280 g/mol. The number of aromatic amines is 1. The van der Waals surface area contributed by atoms with Gasteiger partial charge in [-0.25, -0.2) is 4.79 Å². The number of hydrogen-bond acceptors (Lipinski definition) is 3. The summed E-state index contributed by atoms with van der Waals surface area (Å²) in [5.74, 6) is 0.708. The van der Waals surface area contributed by atoms with Crippen LogP contribution in [-0.4, -0.2) is 16.7 Å². The van der Waals surface area contributed by atoms with E-state index in [4.69, 9.17) is 16.3 Å². The summed E-state index contributed by atoms with van der Waals surface area (Å²) in [6.07, 6.45) is 0. The van der Waals surface area contributed by atoms with E-state index < -0.39 is 0 Å². The highest BCUT2D eigenvalue weighted by molar-refractivity contribution is 7.18. The molecule has 0 aliphatic rings. The summed E-state index contributed by atoms with van der Waals surface area (Å²) < 4.78 is 7.39. The highest BCUT2D eigenvalue weighted by atomic mass is 35.5. The highest BCUT2D eigenvalue weighted by Crippen LogP contribution is 2.27. The minimum Gasteiger partial charge on any atom is -0.497 e. The van der Waals surface area contributed by atoms with Gasteiger partial charge in [0.15, 0.2) is 0 Å². The lowest BCUT2D eigenvalue weighted by molar-refractivity contribution is 0.415. The Bertz CT molecular complexity index is 772. The van der Waals surface area contributed by atoms with Gasteiger partial charge < -0.3 is 9.72 Å². The fourth-order valence-electron chi connectivity index (χ4n) is 1.86. The highest BCUT2D eigenvalue weighted by Gasteiger charge is 2.11. The first-order valence-electron chi connectivity index (χ1n) is 5.23. The van der Waals surface area contributed by atoms with Gasteiger partial charge in [-0.05, 0) is 24.3 Å². The van der Waals surface area contributed by atoms with Crippen molar-refractivity contribution < 1.29 is 4.74 Å². The molecule has 2 heterocycles. The van der Waals surface area contributed by atoms with Gasteiger partial charge in [-0.2, -0.15) is 0 Å². The number of methoxy groups -OCH3 is 1. The fraction of sp³-hybridized carbons (Fsp3) is 0.0833. The molecule has 6 heteroatoms. The van der Waals surface area contributed by atoms with Gasteiger partial charge in [0, 0.05) is 6.07 Å². The standard InChI is InChI=1S/C12H9ClN2O2S/c1-17-7-2-3-9-8(6-7)14-12(16)15(9)11-5-4-10(13)18-11/h2-6H,1H3,(H,14,16). The molecule has 0 amide bonds. The summed E-state index contributed by atoms with van der Waals surface area (Å²) in [7, 11) is 1.59. The van der Waals surface area contributed by atoms with Crippen molar-refractivity contribution in [1.29, 1.82) is 0 Å². The number of imidazole rings is 1. The summed E-state index contributed by atoms with van der Waals surface area (Å²) in [5.41, 5.74) is 1.36. The molecule has 0 bridgehead atoms. The normalized spacial score (nSPS) is 11.0. The van der Waals surface area contributed by atoms with Crippen molar-refractivity contribution in [3.05, 3.63) is 45.2 Å². The smallest absolute Gasteiger partial charge is 0.331 e. The lowest BCUT2D eigenvalue weighted by atomic mass is 10.3. The van der Waals surface area contributed by atoms with Crippen LogP contribution in [0.1, 0.15) is 0 Å². The quantitative estimate of drug-likeness (QED) is 0.784. The summed E-state index contributed by atoms with van der Waals surface area (Å²) >= 11 is 7.26. The van der Waals surface area contributed by atoms with E-state index in [1.54, 1.807) is 23.8 Å². The van der Waals surface area contributed by atoms with Crippen molar-refractivity contribution >= 4 is 34.0 Å². The number of ether oxygens (including phenoxy) is 1. The van der Waals surface area contributed by atoms with E-state index in [0.29, 0.717) is 10.1 Å². The van der Waals surface area contributed by atoms with Crippen LogP contribution in [0.15, 0.2) is 35.1 Å². The zero-order chi connectivity index (χ0) is 12.7. The zero-order valence-corrected chi connectivity index (χ0v) is 11.0. The first-order valence-corrected chi connectivity index (χ1v) is 6.43.